The van der Waals surface area contributed by atoms with Gasteiger partial charge in [0.05, 0.1) is 7.11 Å². The molecule has 0 fully saturated rings. The number of phenols is 1. The molecule has 3 heteroatoms. The average Bonchev–Trinajstić information content (AvgIpc) is 2.47. The van der Waals surface area contributed by atoms with Crippen molar-refractivity contribution in [3.63, 3.8) is 0 Å². The van der Waals surface area contributed by atoms with Crippen LogP contribution >= 0.6 is 0 Å². The molecule has 0 aromatic heterocycles. The third-order valence-electron chi connectivity index (χ3n) is 3.23. The van der Waals surface area contributed by atoms with Gasteiger partial charge >= 0.3 is 0 Å². The number of benzene rings is 2. The summed E-state index contributed by atoms with van der Waals surface area (Å²) in [5, 5.41) is 13.1. The molecule has 0 aliphatic heterocycles. The van der Waals surface area contributed by atoms with Crippen molar-refractivity contribution in [1.29, 1.82) is 0 Å². The Morgan fingerprint density at radius 2 is 1.75 bits per heavy atom. The monoisotopic (exact) mass is 271 g/mol. The number of methoxy groups -OCH3 is 1. The SMILES string of the molecule is CCCc1ccc(NCc2ccc(OC)c(O)c2)cc1. The maximum atomic E-state index is 9.73. The summed E-state index contributed by atoms with van der Waals surface area (Å²) in [4.78, 5) is 0. The smallest absolute Gasteiger partial charge is 0.160 e. The van der Waals surface area contributed by atoms with Crippen molar-refractivity contribution < 1.29 is 9.84 Å². The Labute approximate surface area is 120 Å². The van der Waals surface area contributed by atoms with E-state index in [-0.39, 0.29) is 5.75 Å². The van der Waals surface area contributed by atoms with Gasteiger partial charge in [-0.25, -0.2) is 0 Å². The van der Waals surface area contributed by atoms with Gasteiger partial charge in [-0.05, 0) is 41.8 Å². The van der Waals surface area contributed by atoms with E-state index in [0.717, 1.165) is 24.1 Å². The van der Waals surface area contributed by atoms with E-state index in [0.29, 0.717) is 12.3 Å². The summed E-state index contributed by atoms with van der Waals surface area (Å²) < 4.78 is 5.03. The minimum atomic E-state index is 0.171. The second kappa shape index (κ2) is 6.85. The standard InChI is InChI=1S/C17H21NO2/c1-3-4-13-5-8-15(9-6-13)18-12-14-7-10-17(20-2)16(19)11-14/h5-11,18-19H,3-4,12H2,1-2H3. The number of aromatic hydroxyl groups is 1. The second-order valence-corrected chi connectivity index (χ2v) is 4.81. The van der Waals surface area contributed by atoms with Crippen molar-refractivity contribution >= 4 is 5.69 Å². The van der Waals surface area contributed by atoms with Crippen molar-refractivity contribution in [3.8, 4) is 11.5 Å². The van der Waals surface area contributed by atoms with Crippen molar-refractivity contribution in [3.05, 3.63) is 53.6 Å². The highest BCUT2D eigenvalue weighted by atomic mass is 16.5. The van der Waals surface area contributed by atoms with Gasteiger partial charge in [0.15, 0.2) is 11.5 Å². The van der Waals surface area contributed by atoms with Crippen LogP contribution in [0.3, 0.4) is 0 Å². The second-order valence-electron chi connectivity index (χ2n) is 4.81. The lowest BCUT2D eigenvalue weighted by Gasteiger charge is -2.09. The zero-order chi connectivity index (χ0) is 14.4. The van der Waals surface area contributed by atoms with Crippen LogP contribution in [0.2, 0.25) is 0 Å². The number of anilines is 1. The Bertz CT molecular complexity index is 549. The van der Waals surface area contributed by atoms with Gasteiger partial charge in [0.2, 0.25) is 0 Å². The predicted octanol–water partition coefficient (Wildman–Crippen LogP) is 3.97. The first-order valence-corrected chi connectivity index (χ1v) is 6.91. The molecule has 2 rings (SSSR count). The Morgan fingerprint density at radius 3 is 2.35 bits per heavy atom. The Morgan fingerprint density at radius 1 is 1.05 bits per heavy atom. The lowest BCUT2D eigenvalue weighted by atomic mass is 10.1. The van der Waals surface area contributed by atoms with E-state index in [2.05, 4.69) is 36.5 Å². The molecule has 0 aliphatic rings. The molecule has 0 heterocycles. The minimum absolute atomic E-state index is 0.171. The first-order valence-electron chi connectivity index (χ1n) is 6.91. The first kappa shape index (κ1) is 14.3. The van der Waals surface area contributed by atoms with E-state index in [1.165, 1.54) is 5.56 Å². The van der Waals surface area contributed by atoms with Crippen LogP contribution in [0.5, 0.6) is 11.5 Å². The number of phenolic OH excluding ortho intramolecular Hbond substituents is 1. The van der Waals surface area contributed by atoms with E-state index in [9.17, 15) is 5.11 Å². The van der Waals surface area contributed by atoms with E-state index in [1.54, 1.807) is 19.2 Å². The van der Waals surface area contributed by atoms with Gasteiger partial charge in [0.25, 0.3) is 0 Å². The quantitative estimate of drug-likeness (QED) is 0.835. The van der Waals surface area contributed by atoms with Crippen LogP contribution in [0.1, 0.15) is 24.5 Å². The summed E-state index contributed by atoms with van der Waals surface area (Å²) in [6, 6.07) is 13.9. The van der Waals surface area contributed by atoms with Crippen LogP contribution in [0.4, 0.5) is 5.69 Å². The molecule has 2 N–H and O–H groups in total. The molecule has 0 saturated carbocycles. The predicted molar refractivity (Wildman–Crippen MR) is 82.4 cm³/mol. The first-order chi connectivity index (χ1) is 9.72. The zero-order valence-corrected chi connectivity index (χ0v) is 12.0. The summed E-state index contributed by atoms with van der Waals surface area (Å²) in [7, 11) is 1.55. The molecule has 20 heavy (non-hydrogen) atoms. The summed E-state index contributed by atoms with van der Waals surface area (Å²) in [5.41, 5.74) is 3.46. The normalized spacial score (nSPS) is 10.3. The fraction of sp³-hybridized carbons (Fsp3) is 0.294. The Hall–Kier alpha value is -2.16. The van der Waals surface area contributed by atoms with Crippen LogP contribution in [-0.4, -0.2) is 12.2 Å². The molecule has 106 valence electrons. The average molecular weight is 271 g/mol. The molecule has 0 atom stereocenters. The van der Waals surface area contributed by atoms with Gasteiger partial charge in [-0.15, -0.1) is 0 Å². The van der Waals surface area contributed by atoms with E-state index < -0.39 is 0 Å². The van der Waals surface area contributed by atoms with Crippen LogP contribution in [0.25, 0.3) is 0 Å². The maximum Gasteiger partial charge on any atom is 0.160 e. The minimum Gasteiger partial charge on any atom is -0.504 e. The van der Waals surface area contributed by atoms with Gasteiger partial charge < -0.3 is 15.2 Å². The fourth-order valence-corrected chi connectivity index (χ4v) is 2.13. The van der Waals surface area contributed by atoms with Crippen molar-refractivity contribution in [1.82, 2.24) is 0 Å². The third-order valence-corrected chi connectivity index (χ3v) is 3.23. The number of nitrogens with one attached hydrogen (secondary N) is 1. The summed E-state index contributed by atoms with van der Waals surface area (Å²) >= 11 is 0. The number of hydrogen-bond acceptors (Lipinski definition) is 3. The van der Waals surface area contributed by atoms with Gasteiger partial charge in [0, 0.05) is 12.2 Å². The highest BCUT2D eigenvalue weighted by Crippen LogP contribution is 2.26. The van der Waals surface area contributed by atoms with E-state index in [4.69, 9.17) is 4.74 Å². The molecule has 0 aliphatic carbocycles. The molecular weight excluding hydrogens is 250 g/mol. The topological polar surface area (TPSA) is 41.5 Å². The number of rotatable bonds is 6. The van der Waals surface area contributed by atoms with Gasteiger partial charge in [-0.2, -0.15) is 0 Å². The van der Waals surface area contributed by atoms with Crippen molar-refractivity contribution in [2.45, 2.75) is 26.3 Å². The molecule has 0 saturated heterocycles. The van der Waals surface area contributed by atoms with E-state index in [1.807, 2.05) is 6.07 Å². The molecule has 2 aromatic rings. The molecule has 0 amide bonds. The van der Waals surface area contributed by atoms with Crippen LogP contribution < -0.4 is 10.1 Å². The zero-order valence-electron chi connectivity index (χ0n) is 12.0. The van der Waals surface area contributed by atoms with Crippen molar-refractivity contribution in [2.75, 3.05) is 12.4 Å². The molecule has 3 nitrogen and oxygen atoms in total. The number of ether oxygens (including phenoxy) is 1. The molecule has 0 radical (unpaired) electrons. The van der Waals surface area contributed by atoms with Gasteiger partial charge in [0.1, 0.15) is 0 Å². The van der Waals surface area contributed by atoms with Gasteiger partial charge in [-0.3, -0.25) is 0 Å². The Balaban J connectivity index is 1.96. The highest BCUT2D eigenvalue weighted by molar-refractivity contribution is 5.47. The molecule has 0 spiro atoms. The van der Waals surface area contributed by atoms with Crippen molar-refractivity contribution in [2.24, 2.45) is 0 Å². The number of aryl methyl sites for hydroxylation is 1. The maximum absolute atomic E-state index is 9.73. The molecule has 0 bridgehead atoms. The van der Waals surface area contributed by atoms with Crippen LogP contribution in [0.15, 0.2) is 42.5 Å². The number of hydrogen-bond donors (Lipinski definition) is 2. The third kappa shape index (κ3) is 3.67. The molecule has 0 unspecified atom stereocenters. The Kier molecular flexibility index (Phi) is 4.88. The highest BCUT2D eigenvalue weighted by Gasteiger charge is 2.02. The molecule has 2 aromatic carbocycles. The lowest BCUT2D eigenvalue weighted by Crippen LogP contribution is -1.99. The summed E-state index contributed by atoms with van der Waals surface area (Å²) in [6.45, 7) is 2.85. The largest absolute Gasteiger partial charge is 0.504 e. The fourth-order valence-electron chi connectivity index (χ4n) is 2.13. The van der Waals surface area contributed by atoms with E-state index >= 15 is 0 Å². The van der Waals surface area contributed by atoms with Crippen LogP contribution in [-0.2, 0) is 13.0 Å². The molecular formula is C17H21NO2. The summed E-state index contributed by atoms with van der Waals surface area (Å²) in [5.74, 6) is 0.669. The van der Waals surface area contributed by atoms with Gasteiger partial charge in [-0.1, -0.05) is 31.5 Å². The lowest BCUT2D eigenvalue weighted by molar-refractivity contribution is 0.373. The summed E-state index contributed by atoms with van der Waals surface area (Å²) in [6.07, 6.45) is 2.28. The van der Waals surface area contributed by atoms with Crippen LogP contribution in [0, 0.1) is 0 Å².